The highest BCUT2D eigenvalue weighted by Gasteiger charge is 2.17. The highest BCUT2D eigenvalue weighted by atomic mass is 19.3. The van der Waals surface area contributed by atoms with E-state index in [1.54, 1.807) is 12.1 Å². The van der Waals surface area contributed by atoms with Gasteiger partial charge in [-0.15, -0.1) is 0 Å². The number of benzene rings is 1. The summed E-state index contributed by atoms with van der Waals surface area (Å²) in [4.78, 5) is 7.94. The van der Waals surface area contributed by atoms with Crippen LogP contribution in [0.25, 0.3) is 10.9 Å². The molecule has 112 valence electrons. The Hall–Kier alpha value is -1.78. The standard InChI is InChI=1S/C16H19F2N3/c17-14(18)16-20-13-9-5-4-8-12(13)15(21-16)19-10-11-6-2-1-3-7-11/h4-5,8-9,11,14H,1-3,6-7,10H2,(H,19,20,21). The minimum Gasteiger partial charge on any atom is -0.369 e. The van der Waals surface area contributed by atoms with Gasteiger partial charge in [0.15, 0.2) is 5.82 Å². The fraction of sp³-hybridized carbons (Fsp3) is 0.500. The van der Waals surface area contributed by atoms with Gasteiger partial charge in [0.25, 0.3) is 6.43 Å². The zero-order chi connectivity index (χ0) is 14.7. The summed E-state index contributed by atoms with van der Waals surface area (Å²) in [6.07, 6.45) is 3.60. The lowest BCUT2D eigenvalue weighted by Gasteiger charge is -2.22. The van der Waals surface area contributed by atoms with Gasteiger partial charge in [0.1, 0.15) is 5.82 Å². The van der Waals surface area contributed by atoms with Gasteiger partial charge in [0.05, 0.1) is 5.52 Å². The largest absolute Gasteiger partial charge is 0.369 e. The summed E-state index contributed by atoms with van der Waals surface area (Å²) in [5, 5.41) is 4.07. The zero-order valence-electron chi connectivity index (χ0n) is 11.9. The molecule has 0 unspecified atom stereocenters. The first kappa shape index (κ1) is 14.2. The molecule has 0 radical (unpaired) electrons. The van der Waals surface area contributed by atoms with E-state index in [1.807, 2.05) is 12.1 Å². The van der Waals surface area contributed by atoms with Crippen LogP contribution in [-0.4, -0.2) is 16.5 Å². The van der Waals surface area contributed by atoms with E-state index in [0.717, 1.165) is 11.9 Å². The van der Waals surface area contributed by atoms with Crippen LogP contribution in [0.4, 0.5) is 14.6 Å². The second-order valence-electron chi connectivity index (χ2n) is 5.63. The third kappa shape index (κ3) is 3.28. The van der Waals surface area contributed by atoms with Gasteiger partial charge in [-0.1, -0.05) is 31.4 Å². The molecular formula is C16H19F2N3. The molecule has 0 atom stereocenters. The Morgan fingerprint density at radius 2 is 1.86 bits per heavy atom. The maximum absolute atomic E-state index is 12.9. The molecular weight excluding hydrogens is 272 g/mol. The molecule has 5 heteroatoms. The third-order valence-corrected chi connectivity index (χ3v) is 4.10. The van der Waals surface area contributed by atoms with Crippen LogP contribution >= 0.6 is 0 Å². The maximum Gasteiger partial charge on any atom is 0.297 e. The Labute approximate surface area is 122 Å². The summed E-state index contributed by atoms with van der Waals surface area (Å²) in [5.41, 5.74) is 0.564. The average Bonchev–Trinajstić information content (AvgIpc) is 2.53. The fourth-order valence-electron chi connectivity index (χ4n) is 2.96. The molecule has 3 nitrogen and oxygen atoms in total. The Balaban J connectivity index is 1.85. The second kappa shape index (κ2) is 6.33. The van der Waals surface area contributed by atoms with Crippen LogP contribution in [0.2, 0.25) is 0 Å². The third-order valence-electron chi connectivity index (χ3n) is 4.10. The lowest BCUT2D eigenvalue weighted by atomic mass is 9.89. The molecule has 1 fully saturated rings. The molecule has 1 N–H and O–H groups in total. The molecule has 0 amide bonds. The van der Waals surface area contributed by atoms with Gasteiger partial charge in [-0.25, -0.2) is 18.7 Å². The van der Waals surface area contributed by atoms with Crippen LogP contribution in [0.3, 0.4) is 0 Å². The van der Waals surface area contributed by atoms with Crippen molar-refractivity contribution in [3.63, 3.8) is 0 Å². The summed E-state index contributed by atoms with van der Waals surface area (Å²) in [6.45, 7) is 0.795. The molecule has 1 saturated carbocycles. The van der Waals surface area contributed by atoms with Gasteiger partial charge in [-0.2, -0.15) is 0 Å². The first-order valence-corrected chi connectivity index (χ1v) is 7.53. The number of nitrogens with zero attached hydrogens (tertiary/aromatic N) is 2. The van der Waals surface area contributed by atoms with Gasteiger partial charge in [-0.05, 0) is 30.9 Å². The summed E-state index contributed by atoms with van der Waals surface area (Å²) in [7, 11) is 0. The van der Waals surface area contributed by atoms with E-state index in [1.165, 1.54) is 32.1 Å². The van der Waals surface area contributed by atoms with Crippen molar-refractivity contribution in [2.75, 3.05) is 11.9 Å². The van der Waals surface area contributed by atoms with Crippen molar-refractivity contribution in [3.05, 3.63) is 30.1 Å². The van der Waals surface area contributed by atoms with Crippen molar-refractivity contribution in [1.82, 2.24) is 9.97 Å². The van der Waals surface area contributed by atoms with E-state index < -0.39 is 12.2 Å². The van der Waals surface area contributed by atoms with E-state index in [9.17, 15) is 8.78 Å². The van der Waals surface area contributed by atoms with E-state index >= 15 is 0 Å². The molecule has 0 bridgehead atoms. The molecule has 0 saturated heterocycles. The number of halogens is 2. The van der Waals surface area contributed by atoms with Gasteiger partial charge < -0.3 is 5.32 Å². The van der Waals surface area contributed by atoms with Crippen LogP contribution in [0.5, 0.6) is 0 Å². The monoisotopic (exact) mass is 291 g/mol. The van der Waals surface area contributed by atoms with Crippen LogP contribution in [0.1, 0.15) is 44.4 Å². The summed E-state index contributed by atoms with van der Waals surface area (Å²) in [6, 6.07) is 7.29. The smallest absolute Gasteiger partial charge is 0.297 e. The number of rotatable bonds is 4. The van der Waals surface area contributed by atoms with Gasteiger partial charge in [0.2, 0.25) is 0 Å². The number of para-hydroxylation sites is 1. The second-order valence-corrected chi connectivity index (χ2v) is 5.63. The Bertz CT molecular complexity index is 609. The number of alkyl halides is 2. The number of nitrogens with one attached hydrogen (secondary N) is 1. The van der Waals surface area contributed by atoms with Crippen LogP contribution < -0.4 is 5.32 Å². The van der Waals surface area contributed by atoms with Crippen molar-refractivity contribution in [3.8, 4) is 0 Å². The first-order valence-electron chi connectivity index (χ1n) is 7.53. The number of anilines is 1. The number of hydrogen-bond donors (Lipinski definition) is 1. The summed E-state index contributed by atoms with van der Waals surface area (Å²) >= 11 is 0. The number of hydrogen-bond acceptors (Lipinski definition) is 3. The van der Waals surface area contributed by atoms with Gasteiger partial charge >= 0.3 is 0 Å². The van der Waals surface area contributed by atoms with E-state index in [2.05, 4.69) is 15.3 Å². The van der Waals surface area contributed by atoms with Crippen LogP contribution in [0, 0.1) is 5.92 Å². The molecule has 1 aliphatic carbocycles. The molecule has 0 aliphatic heterocycles. The van der Waals surface area contributed by atoms with Crippen LogP contribution in [0.15, 0.2) is 24.3 Å². The molecule has 3 rings (SSSR count). The lowest BCUT2D eigenvalue weighted by molar-refractivity contribution is 0.141. The average molecular weight is 291 g/mol. The highest BCUT2D eigenvalue weighted by molar-refractivity contribution is 5.88. The highest BCUT2D eigenvalue weighted by Crippen LogP contribution is 2.27. The molecule has 0 spiro atoms. The van der Waals surface area contributed by atoms with Crippen LogP contribution in [-0.2, 0) is 0 Å². The predicted octanol–water partition coefficient (Wildman–Crippen LogP) is 4.56. The van der Waals surface area contributed by atoms with Gasteiger partial charge in [0, 0.05) is 11.9 Å². The summed E-state index contributed by atoms with van der Waals surface area (Å²) in [5.74, 6) is 0.740. The lowest BCUT2D eigenvalue weighted by Crippen LogP contribution is -2.18. The quantitative estimate of drug-likeness (QED) is 0.897. The Morgan fingerprint density at radius 3 is 2.62 bits per heavy atom. The number of aromatic nitrogens is 2. The molecule has 21 heavy (non-hydrogen) atoms. The van der Waals surface area contributed by atoms with Crippen molar-refractivity contribution >= 4 is 16.7 Å². The number of fused-ring (bicyclic) bond motifs is 1. The van der Waals surface area contributed by atoms with E-state index in [4.69, 9.17) is 0 Å². The molecule has 1 aliphatic rings. The van der Waals surface area contributed by atoms with Crippen molar-refractivity contribution in [2.24, 2.45) is 5.92 Å². The van der Waals surface area contributed by atoms with E-state index in [-0.39, 0.29) is 0 Å². The molecule has 1 heterocycles. The van der Waals surface area contributed by atoms with Crippen molar-refractivity contribution in [1.29, 1.82) is 0 Å². The molecule has 2 aromatic rings. The minimum absolute atomic E-state index is 0.403. The minimum atomic E-state index is -2.65. The zero-order valence-corrected chi connectivity index (χ0v) is 11.9. The SMILES string of the molecule is FC(F)c1nc(NCC2CCCCC2)c2ccccc2n1. The predicted molar refractivity (Wildman–Crippen MR) is 79.6 cm³/mol. The van der Waals surface area contributed by atoms with Crippen molar-refractivity contribution < 1.29 is 8.78 Å². The topological polar surface area (TPSA) is 37.8 Å². The first-order chi connectivity index (χ1) is 10.2. The molecule has 1 aromatic carbocycles. The molecule has 1 aromatic heterocycles. The maximum atomic E-state index is 12.9. The van der Waals surface area contributed by atoms with Crippen molar-refractivity contribution in [2.45, 2.75) is 38.5 Å². The Kier molecular flexibility index (Phi) is 4.27. The van der Waals surface area contributed by atoms with Gasteiger partial charge in [-0.3, -0.25) is 0 Å². The van der Waals surface area contributed by atoms with E-state index in [0.29, 0.717) is 17.3 Å². The Morgan fingerprint density at radius 1 is 1.10 bits per heavy atom. The normalized spacial score (nSPS) is 16.5. The summed E-state index contributed by atoms with van der Waals surface area (Å²) < 4.78 is 25.8. The fourth-order valence-corrected chi connectivity index (χ4v) is 2.96.